The molecule has 0 saturated carbocycles. The van der Waals surface area contributed by atoms with Gasteiger partial charge in [-0.25, -0.2) is 0 Å². The number of hydrogen-bond acceptors (Lipinski definition) is 2. The molecule has 0 heterocycles. The van der Waals surface area contributed by atoms with Gasteiger partial charge in [0.2, 0.25) is 5.78 Å². The molecule has 19 heavy (non-hydrogen) atoms. The normalized spacial score (nSPS) is 12.3. The number of likely N-dealkylation sites (N-methyl/N-ethyl adjacent to an activating group) is 1. The maximum Gasteiger partial charge on any atom is 0.209 e. The molecular formula is C15H15Cl2NO. The third kappa shape index (κ3) is 2.34. The maximum absolute atomic E-state index is 12.3. The molecule has 0 saturated heterocycles. The SMILES string of the molecule is CN(C)C1=Cc2cccc3cccc(c23)C1=O.Cl.Cl. The molecule has 0 radical (unpaired) electrons. The third-order valence-corrected chi connectivity index (χ3v) is 3.19. The van der Waals surface area contributed by atoms with Crippen molar-refractivity contribution in [2.75, 3.05) is 14.1 Å². The predicted molar refractivity (Wildman–Crippen MR) is 84.4 cm³/mol. The lowest BCUT2D eigenvalue weighted by Gasteiger charge is -2.21. The second-order valence-electron chi connectivity index (χ2n) is 4.50. The van der Waals surface area contributed by atoms with Gasteiger partial charge in [0.15, 0.2) is 0 Å². The first-order valence-corrected chi connectivity index (χ1v) is 5.64. The van der Waals surface area contributed by atoms with Gasteiger partial charge in [-0.2, -0.15) is 0 Å². The summed E-state index contributed by atoms with van der Waals surface area (Å²) in [6.45, 7) is 0. The largest absolute Gasteiger partial charge is 0.374 e. The first-order chi connectivity index (χ1) is 8.18. The van der Waals surface area contributed by atoms with Crippen LogP contribution in [0.25, 0.3) is 16.8 Å². The summed E-state index contributed by atoms with van der Waals surface area (Å²) in [5.74, 6) is 0.110. The second kappa shape index (κ2) is 5.64. The van der Waals surface area contributed by atoms with E-state index in [2.05, 4.69) is 6.07 Å². The fourth-order valence-corrected chi connectivity index (χ4v) is 2.36. The summed E-state index contributed by atoms with van der Waals surface area (Å²) in [5.41, 5.74) is 2.68. The topological polar surface area (TPSA) is 20.3 Å². The van der Waals surface area contributed by atoms with E-state index in [-0.39, 0.29) is 30.6 Å². The van der Waals surface area contributed by atoms with Crippen LogP contribution >= 0.6 is 24.8 Å². The third-order valence-electron chi connectivity index (χ3n) is 3.19. The van der Waals surface area contributed by atoms with E-state index in [1.165, 1.54) is 0 Å². The number of carbonyl (C=O) groups excluding carboxylic acids is 1. The van der Waals surface area contributed by atoms with Crippen LogP contribution in [0, 0.1) is 0 Å². The number of halogens is 2. The molecule has 0 amide bonds. The lowest BCUT2D eigenvalue weighted by atomic mass is 9.90. The molecule has 2 aromatic carbocycles. The predicted octanol–water partition coefficient (Wildman–Crippen LogP) is 3.78. The Hall–Kier alpha value is -1.51. The minimum atomic E-state index is 0. The molecule has 2 nitrogen and oxygen atoms in total. The van der Waals surface area contributed by atoms with E-state index < -0.39 is 0 Å². The Morgan fingerprint density at radius 1 is 0.947 bits per heavy atom. The van der Waals surface area contributed by atoms with Crippen LogP contribution in [0.2, 0.25) is 0 Å². The molecule has 0 aromatic heterocycles. The van der Waals surface area contributed by atoms with Crippen molar-refractivity contribution < 1.29 is 4.79 Å². The zero-order chi connectivity index (χ0) is 12.0. The molecule has 4 heteroatoms. The fraction of sp³-hybridized carbons (Fsp3) is 0.133. The lowest BCUT2D eigenvalue weighted by molar-refractivity contribution is 0.101. The monoisotopic (exact) mass is 295 g/mol. The maximum atomic E-state index is 12.3. The number of allylic oxidation sites excluding steroid dienone is 1. The van der Waals surface area contributed by atoms with Crippen molar-refractivity contribution in [3.63, 3.8) is 0 Å². The smallest absolute Gasteiger partial charge is 0.209 e. The molecule has 3 rings (SSSR count). The average Bonchev–Trinajstić information content (AvgIpc) is 2.33. The van der Waals surface area contributed by atoms with Gasteiger partial charge in [0.05, 0.1) is 5.70 Å². The number of ketones is 1. The van der Waals surface area contributed by atoms with Crippen molar-refractivity contribution in [2.45, 2.75) is 0 Å². The lowest BCUT2D eigenvalue weighted by Crippen LogP contribution is -2.21. The Labute approximate surface area is 124 Å². The van der Waals surface area contributed by atoms with Crippen LogP contribution in [0.1, 0.15) is 15.9 Å². The van der Waals surface area contributed by atoms with Gasteiger partial charge in [0.25, 0.3) is 0 Å². The van der Waals surface area contributed by atoms with Crippen molar-refractivity contribution >= 4 is 47.4 Å². The molecule has 1 aliphatic carbocycles. The highest BCUT2D eigenvalue weighted by molar-refractivity contribution is 6.22. The van der Waals surface area contributed by atoms with Crippen LogP contribution in [0.5, 0.6) is 0 Å². The van der Waals surface area contributed by atoms with E-state index in [9.17, 15) is 4.79 Å². The zero-order valence-corrected chi connectivity index (χ0v) is 12.3. The van der Waals surface area contributed by atoms with Crippen molar-refractivity contribution in [1.82, 2.24) is 4.90 Å². The average molecular weight is 296 g/mol. The van der Waals surface area contributed by atoms with Gasteiger partial charge in [-0.1, -0.05) is 36.4 Å². The Morgan fingerprint density at radius 3 is 2.21 bits per heavy atom. The summed E-state index contributed by atoms with van der Waals surface area (Å²) >= 11 is 0. The van der Waals surface area contributed by atoms with Gasteiger partial charge < -0.3 is 4.90 Å². The van der Waals surface area contributed by atoms with Crippen molar-refractivity contribution in [1.29, 1.82) is 0 Å². The summed E-state index contributed by atoms with van der Waals surface area (Å²) < 4.78 is 0. The van der Waals surface area contributed by atoms with Crippen LogP contribution in [0.4, 0.5) is 0 Å². The standard InChI is InChI=1S/C15H13NO.2ClH/c1-16(2)13-9-11-7-3-5-10-6-4-8-12(14(10)11)15(13)17;;/h3-9H,1-2H3;2*1H. The number of Topliss-reactive ketones (excluding diaryl/α,β-unsaturated/α-hetero) is 1. The fourth-order valence-electron chi connectivity index (χ4n) is 2.36. The van der Waals surface area contributed by atoms with E-state index in [1.807, 2.05) is 55.4 Å². The Morgan fingerprint density at radius 2 is 1.58 bits per heavy atom. The van der Waals surface area contributed by atoms with E-state index >= 15 is 0 Å². The summed E-state index contributed by atoms with van der Waals surface area (Å²) in [5, 5.41) is 2.20. The highest BCUT2D eigenvalue weighted by Crippen LogP contribution is 2.31. The number of nitrogens with zero attached hydrogens (tertiary/aromatic N) is 1. The van der Waals surface area contributed by atoms with E-state index in [0.717, 1.165) is 27.6 Å². The number of rotatable bonds is 1. The van der Waals surface area contributed by atoms with Crippen molar-refractivity contribution in [2.24, 2.45) is 0 Å². The number of hydrogen-bond donors (Lipinski definition) is 0. The van der Waals surface area contributed by atoms with Crippen LogP contribution in [-0.2, 0) is 0 Å². The Balaban J connectivity index is 0.000000902. The van der Waals surface area contributed by atoms with E-state index in [0.29, 0.717) is 0 Å². The minimum Gasteiger partial charge on any atom is -0.374 e. The molecule has 0 fully saturated rings. The first-order valence-electron chi connectivity index (χ1n) is 5.64. The second-order valence-corrected chi connectivity index (χ2v) is 4.50. The quantitative estimate of drug-likeness (QED) is 0.798. The Kier molecular flexibility index (Phi) is 4.61. The highest BCUT2D eigenvalue weighted by Gasteiger charge is 2.22. The van der Waals surface area contributed by atoms with Crippen LogP contribution in [-0.4, -0.2) is 24.8 Å². The molecule has 0 unspecified atom stereocenters. The van der Waals surface area contributed by atoms with E-state index in [1.54, 1.807) is 0 Å². The molecule has 1 aliphatic rings. The van der Waals surface area contributed by atoms with Crippen LogP contribution < -0.4 is 0 Å². The highest BCUT2D eigenvalue weighted by atomic mass is 35.5. The van der Waals surface area contributed by atoms with Crippen LogP contribution in [0.15, 0.2) is 42.1 Å². The summed E-state index contributed by atoms with van der Waals surface area (Å²) in [6.07, 6.45) is 1.97. The van der Waals surface area contributed by atoms with Crippen molar-refractivity contribution in [3.8, 4) is 0 Å². The van der Waals surface area contributed by atoms with Gasteiger partial charge in [0.1, 0.15) is 0 Å². The molecule has 0 N–H and O–H groups in total. The van der Waals surface area contributed by atoms with Gasteiger partial charge in [-0.05, 0) is 17.0 Å². The minimum absolute atomic E-state index is 0. The molecule has 0 spiro atoms. The molecule has 100 valence electrons. The Bertz CT molecular complexity index is 657. The number of benzene rings is 2. The molecular weight excluding hydrogens is 281 g/mol. The summed E-state index contributed by atoms with van der Waals surface area (Å²) in [7, 11) is 3.80. The van der Waals surface area contributed by atoms with E-state index in [4.69, 9.17) is 0 Å². The van der Waals surface area contributed by atoms with Gasteiger partial charge in [-0.3, -0.25) is 4.79 Å². The molecule has 2 aromatic rings. The number of carbonyl (C=O) groups is 1. The summed E-state index contributed by atoms with van der Waals surface area (Å²) in [6, 6.07) is 12.0. The van der Waals surface area contributed by atoms with Gasteiger partial charge in [-0.15, -0.1) is 24.8 Å². The molecule has 0 atom stereocenters. The molecule has 0 bridgehead atoms. The first kappa shape index (κ1) is 15.5. The summed E-state index contributed by atoms with van der Waals surface area (Å²) in [4.78, 5) is 14.2. The van der Waals surface area contributed by atoms with Gasteiger partial charge in [0, 0.05) is 25.0 Å². The van der Waals surface area contributed by atoms with Crippen LogP contribution in [0.3, 0.4) is 0 Å². The van der Waals surface area contributed by atoms with Crippen molar-refractivity contribution in [3.05, 3.63) is 53.2 Å². The van der Waals surface area contributed by atoms with Gasteiger partial charge >= 0.3 is 0 Å². The zero-order valence-electron chi connectivity index (χ0n) is 10.7. The molecule has 0 aliphatic heterocycles.